The van der Waals surface area contributed by atoms with E-state index in [4.69, 9.17) is 9.47 Å². The van der Waals surface area contributed by atoms with Gasteiger partial charge in [0.2, 0.25) is 0 Å². The zero-order valence-corrected chi connectivity index (χ0v) is 18.1. The van der Waals surface area contributed by atoms with Crippen LogP contribution in [0.2, 0.25) is 0 Å². The average molecular weight is 392 g/mol. The van der Waals surface area contributed by atoms with Crippen LogP contribution in [0.15, 0.2) is 24.3 Å². The molecule has 3 rings (SSSR count). The molecule has 2 aliphatic rings. The van der Waals surface area contributed by atoms with Crippen molar-refractivity contribution >= 4 is 5.69 Å². The number of nitrogens with one attached hydrogen (secondary N) is 1. The molecule has 0 radical (unpaired) electrons. The highest BCUT2D eigenvalue weighted by molar-refractivity contribution is 5.49. The van der Waals surface area contributed by atoms with Crippen LogP contribution in [0.5, 0.6) is 5.75 Å². The SMILES string of the molecule is COc1ccc(N2CC[NH+](C[C@@H](O)CO[C@@H]3C[C@H](C)CC(C)(C)C3)CC2)cc1. The second kappa shape index (κ2) is 9.47. The van der Waals surface area contributed by atoms with Gasteiger partial charge in [0.1, 0.15) is 18.4 Å². The second-order valence-electron chi connectivity index (χ2n) is 9.66. The molecule has 3 atom stereocenters. The van der Waals surface area contributed by atoms with Gasteiger partial charge in [-0.05, 0) is 54.9 Å². The monoisotopic (exact) mass is 391 g/mol. The molecule has 0 bridgehead atoms. The molecule has 2 fully saturated rings. The molecule has 28 heavy (non-hydrogen) atoms. The Balaban J connectivity index is 1.38. The van der Waals surface area contributed by atoms with Gasteiger partial charge >= 0.3 is 0 Å². The van der Waals surface area contributed by atoms with E-state index in [2.05, 4.69) is 37.8 Å². The molecule has 2 N–H and O–H groups in total. The molecule has 1 aliphatic heterocycles. The van der Waals surface area contributed by atoms with Crippen LogP contribution in [-0.4, -0.2) is 63.8 Å². The standard InChI is InChI=1S/C23H38N2O3/c1-18-13-22(15-23(2,3)14-18)28-17-20(26)16-24-9-11-25(12-10-24)19-5-7-21(27-4)8-6-19/h5-8,18,20,22,26H,9-17H2,1-4H3/p+1/t18-,20+,22+/m0/s1. The summed E-state index contributed by atoms with van der Waals surface area (Å²) < 4.78 is 11.4. The van der Waals surface area contributed by atoms with Gasteiger partial charge in [-0.1, -0.05) is 20.8 Å². The van der Waals surface area contributed by atoms with Crippen molar-refractivity contribution in [3.05, 3.63) is 24.3 Å². The Morgan fingerprint density at radius 1 is 1.18 bits per heavy atom. The lowest BCUT2D eigenvalue weighted by molar-refractivity contribution is -0.903. The number of anilines is 1. The van der Waals surface area contributed by atoms with Gasteiger partial charge in [-0.25, -0.2) is 0 Å². The van der Waals surface area contributed by atoms with Crippen molar-refractivity contribution in [1.82, 2.24) is 0 Å². The van der Waals surface area contributed by atoms with E-state index in [1.807, 2.05) is 12.1 Å². The van der Waals surface area contributed by atoms with Crippen molar-refractivity contribution in [2.45, 2.75) is 52.2 Å². The van der Waals surface area contributed by atoms with Gasteiger partial charge in [0.15, 0.2) is 0 Å². The Hall–Kier alpha value is -1.30. The molecule has 0 amide bonds. The topological polar surface area (TPSA) is 46.4 Å². The van der Waals surface area contributed by atoms with Gasteiger partial charge in [-0.2, -0.15) is 0 Å². The van der Waals surface area contributed by atoms with Gasteiger partial charge in [0.05, 0.1) is 46.0 Å². The molecule has 1 heterocycles. The Labute approximate surface area is 170 Å². The van der Waals surface area contributed by atoms with Gasteiger partial charge in [0, 0.05) is 5.69 Å². The lowest BCUT2D eigenvalue weighted by atomic mass is 9.71. The molecule has 5 heteroatoms. The molecular formula is C23H39N2O3+. The summed E-state index contributed by atoms with van der Waals surface area (Å²) in [5.41, 5.74) is 1.61. The van der Waals surface area contributed by atoms with Crippen molar-refractivity contribution in [2.75, 3.05) is 51.3 Å². The van der Waals surface area contributed by atoms with E-state index in [1.165, 1.54) is 17.0 Å². The van der Waals surface area contributed by atoms with E-state index in [0.717, 1.165) is 51.3 Å². The van der Waals surface area contributed by atoms with E-state index in [1.54, 1.807) is 7.11 Å². The highest BCUT2D eigenvalue weighted by Gasteiger charge is 2.33. The van der Waals surface area contributed by atoms with Crippen molar-refractivity contribution in [1.29, 1.82) is 0 Å². The lowest BCUT2D eigenvalue weighted by Crippen LogP contribution is -3.16. The van der Waals surface area contributed by atoms with E-state index in [-0.39, 0.29) is 6.10 Å². The predicted octanol–water partition coefficient (Wildman–Crippen LogP) is 1.99. The number of quaternary nitrogens is 1. The third-order valence-corrected chi connectivity index (χ3v) is 6.30. The second-order valence-corrected chi connectivity index (χ2v) is 9.66. The zero-order valence-electron chi connectivity index (χ0n) is 18.1. The first-order valence-electron chi connectivity index (χ1n) is 10.9. The summed E-state index contributed by atoms with van der Waals surface area (Å²) in [5.74, 6) is 1.61. The summed E-state index contributed by atoms with van der Waals surface area (Å²) in [6.45, 7) is 12.4. The summed E-state index contributed by atoms with van der Waals surface area (Å²) in [4.78, 5) is 3.88. The van der Waals surface area contributed by atoms with Crippen LogP contribution in [0, 0.1) is 11.3 Å². The molecule has 0 spiro atoms. The molecule has 1 saturated heterocycles. The molecular weight excluding hydrogens is 352 g/mol. The number of hydrogen-bond acceptors (Lipinski definition) is 4. The summed E-state index contributed by atoms with van der Waals surface area (Å²) in [6, 6.07) is 8.28. The maximum atomic E-state index is 10.5. The Kier molecular flexibility index (Phi) is 7.24. The van der Waals surface area contributed by atoms with E-state index < -0.39 is 0 Å². The molecule has 1 aromatic rings. The minimum atomic E-state index is -0.372. The van der Waals surface area contributed by atoms with Gasteiger partial charge in [-0.15, -0.1) is 0 Å². The smallest absolute Gasteiger partial charge is 0.126 e. The molecule has 0 aromatic heterocycles. The van der Waals surface area contributed by atoms with Crippen LogP contribution in [0.1, 0.15) is 40.0 Å². The maximum absolute atomic E-state index is 10.5. The quantitative estimate of drug-likeness (QED) is 0.746. The third kappa shape index (κ3) is 6.10. The molecule has 5 nitrogen and oxygen atoms in total. The van der Waals surface area contributed by atoms with E-state index in [9.17, 15) is 5.11 Å². The summed E-state index contributed by atoms with van der Waals surface area (Å²) in [5, 5.41) is 10.5. The minimum Gasteiger partial charge on any atom is -0.497 e. The number of methoxy groups -OCH3 is 1. The fourth-order valence-electron chi connectivity index (χ4n) is 5.10. The Morgan fingerprint density at radius 3 is 2.46 bits per heavy atom. The zero-order chi connectivity index (χ0) is 20.1. The normalized spacial score (nSPS) is 26.8. The number of rotatable bonds is 7. The highest BCUT2D eigenvalue weighted by atomic mass is 16.5. The van der Waals surface area contributed by atoms with Crippen LogP contribution in [-0.2, 0) is 4.74 Å². The molecule has 158 valence electrons. The number of aliphatic hydroxyl groups is 1. The first-order valence-corrected chi connectivity index (χ1v) is 10.9. The van der Waals surface area contributed by atoms with Crippen LogP contribution < -0.4 is 14.5 Å². The fraction of sp³-hybridized carbons (Fsp3) is 0.739. The number of nitrogens with zero attached hydrogens (tertiary/aromatic N) is 1. The van der Waals surface area contributed by atoms with Gasteiger partial charge in [0.25, 0.3) is 0 Å². The predicted molar refractivity (Wildman–Crippen MR) is 113 cm³/mol. The van der Waals surface area contributed by atoms with Crippen LogP contribution >= 0.6 is 0 Å². The first-order chi connectivity index (χ1) is 13.3. The minimum absolute atomic E-state index is 0.301. The summed E-state index contributed by atoms with van der Waals surface area (Å²) in [6.07, 6.45) is 3.44. The van der Waals surface area contributed by atoms with Crippen molar-refractivity contribution in [2.24, 2.45) is 11.3 Å². The van der Waals surface area contributed by atoms with E-state index in [0.29, 0.717) is 24.0 Å². The Bertz CT molecular complexity index is 596. The first kappa shape index (κ1) is 21.4. The van der Waals surface area contributed by atoms with Gasteiger partial charge < -0.3 is 24.4 Å². The van der Waals surface area contributed by atoms with Crippen LogP contribution in [0.3, 0.4) is 0 Å². The summed E-state index contributed by atoms with van der Waals surface area (Å²) in [7, 11) is 1.70. The molecule has 1 aromatic carbocycles. The third-order valence-electron chi connectivity index (χ3n) is 6.30. The van der Waals surface area contributed by atoms with Crippen LogP contribution in [0.25, 0.3) is 0 Å². The number of ether oxygens (including phenoxy) is 2. The van der Waals surface area contributed by atoms with E-state index >= 15 is 0 Å². The summed E-state index contributed by atoms with van der Waals surface area (Å²) >= 11 is 0. The van der Waals surface area contributed by atoms with Crippen molar-refractivity contribution < 1.29 is 19.5 Å². The maximum Gasteiger partial charge on any atom is 0.126 e. The molecule has 1 aliphatic carbocycles. The molecule has 0 unspecified atom stereocenters. The Morgan fingerprint density at radius 2 is 1.86 bits per heavy atom. The molecule has 1 saturated carbocycles. The van der Waals surface area contributed by atoms with Gasteiger partial charge in [-0.3, -0.25) is 0 Å². The fourth-order valence-corrected chi connectivity index (χ4v) is 5.10. The van der Waals surface area contributed by atoms with Crippen molar-refractivity contribution in [3.63, 3.8) is 0 Å². The number of aliphatic hydroxyl groups excluding tert-OH is 1. The van der Waals surface area contributed by atoms with Crippen LogP contribution in [0.4, 0.5) is 5.69 Å². The highest BCUT2D eigenvalue weighted by Crippen LogP contribution is 2.39. The lowest BCUT2D eigenvalue weighted by Gasteiger charge is -2.39. The number of piperazine rings is 1. The van der Waals surface area contributed by atoms with Crippen molar-refractivity contribution in [3.8, 4) is 5.75 Å². The number of benzene rings is 1. The number of hydrogen-bond donors (Lipinski definition) is 2. The largest absolute Gasteiger partial charge is 0.497 e. The average Bonchev–Trinajstić information content (AvgIpc) is 2.66.